The minimum absolute atomic E-state index is 0.520. The van der Waals surface area contributed by atoms with E-state index in [-0.39, 0.29) is 0 Å². The summed E-state index contributed by atoms with van der Waals surface area (Å²) in [5, 5.41) is 15.0. The molecule has 1 unspecified atom stereocenters. The van der Waals surface area contributed by atoms with Gasteiger partial charge in [0.2, 0.25) is 0 Å². The quantitative estimate of drug-likeness (QED) is 0.908. The highest BCUT2D eigenvalue weighted by Gasteiger charge is 2.44. The number of rotatable bonds is 4. The van der Waals surface area contributed by atoms with Crippen LogP contribution >= 0.6 is 0 Å². The van der Waals surface area contributed by atoms with Gasteiger partial charge in [0.25, 0.3) is 0 Å². The van der Waals surface area contributed by atoms with Crippen LogP contribution in [0.5, 0.6) is 5.75 Å². The molecule has 1 atom stereocenters. The van der Waals surface area contributed by atoms with Gasteiger partial charge in [-0.25, -0.2) is 0 Å². The molecule has 1 aromatic heterocycles. The first kappa shape index (κ1) is 14.3. The number of hydrogen-bond acceptors (Lipinski definition) is 4. The molecule has 1 heterocycles. The molecule has 0 saturated heterocycles. The molecule has 1 aromatic rings. The topological polar surface area (TPSA) is 56.5 Å². The van der Waals surface area contributed by atoms with E-state index in [1.54, 1.807) is 25.1 Å². The highest BCUT2D eigenvalue weighted by molar-refractivity contribution is 5.29. The van der Waals surface area contributed by atoms with Gasteiger partial charge in [0.1, 0.15) is 11.8 Å². The van der Waals surface area contributed by atoms with E-state index in [2.05, 4.69) is 12.0 Å². The SMILES string of the molecule is COc1cnn(C)c1C(O)C1(OC)CCC(C)CC1. The van der Waals surface area contributed by atoms with Crippen molar-refractivity contribution < 1.29 is 14.6 Å². The molecule has 108 valence electrons. The number of nitrogens with zero attached hydrogens (tertiary/aromatic N) is 2. The average Bonchev–Trinajstić information content (AvgIpc) is 2.80. The van der Waals surface area contributed by atoms with Crippen LogP contribution in [0.4, 0.5) is 0 Å². The summed E-state index contributed by atoms with van der Waals surface area (Å²) >= 11 is 0. The molecule has 1 fully saturated rings. The maximum absolute atomic E-state index is 10.8. The molecule has 1 N–H and O–H groups in total. The van der Waals surface area contributed by atoms with Crippen molar-refractivity contribution in [3.63, 3.8) is 0 Å². The first-order valence-corrected chi connectivity index (χ1v) is 6.83. The van der Waals surface area contributed by atoms with Gasteiger partial charge in [0, 0.05) is 14.2 Å². The zero-order valence-electron chi connectivity index (χ0n) is 12.2. The molecule has 0 aromatic carbocycles. The second kappa shape index (κ2) is 5.51. The second-order valence-corrected chi connectivity index (χ2v) is 5.58. The summed E-state index contributed by atoms with van der Waals surface area (Å²) in [5.74, 6) is 1.31. The fraction of sp³-hybridized carbons (Fsp3) is 0.786. The van der Waals surface area contributed by atoms with Gasteiger partial charge < -0.3 is 14.6 Å². The molecule has 0 spiro atoms. The number of aromatic nitrogens is 2. The van der Waals surface area contributed by atoms with Crippen molar-refractivity contribution >= 4 is 0 Å². The lowest BCUT2D eigenvalue weighted by Gasteiger charge is -2.41. The predicted molar refractivity (Wildman–Crippen MR) is 72.1 cm³/mol. The third-order valence-electron chi connectivity index (χ3n) is 4.45. The van der Waals surface area contributed by atoms with Gasteiger partial charge >= 0.3 is 0 Å². The summed E-state index contributed by atoms with van der Waals surface area (Å²) in [6, 6.07) is 0. The Balaban J connectivity index is 2.30. The Bertz CT molecular complexity index is 422. The van der Waals surface area contributed by atoms with Crippen LogP contribution in [0.15, 0.2) is 6.20 Å². The smallest absolute Gasteiger partial charge is 0.162 e. The number of ether oxygens (including phenoxy) is 2. The van der Waals surface area contributed by atoms with Gasteiger partial charge in [-0.2, -0.15) is 5.10 Å². The number of aryl methyl sites for hydroxylation is 1. The Labute approximate surface area is 114 Å². The standard InChI is InChI=1S/C14H24N2O3/c1-10-5-7-14(19-4,8-6-10)13(17)12-11(18-3)9-15-16(12)2/h9-10,13,17H,5-8H2,1-4H3. The van der Waals surface area contributed by atoms with E-state index in [4.69, 9.17) is 9.47 Å². The number of aliphatic hydroxyl groups is 1. The van der Waals surface area contributed by atoms with Crippen LogP contribution in [-0.2, 0) is 11.8 Å². The Hall–Kier alpha value is -1.07. The number of methoxy groups -OCH3 is 2. The lowest BCUT2D eigenvalue weighted by atomic mass is 9.75. The maximum Gasteiger partial charge on any atom is 0.162 e. The van der Waals surface area contributed by atoms with Crippen LogP contribution in [0, 0.1) is 5.92 Å². The lowest BCUT2D eigenvalue weighted by molar-refractivity contribution is -0.133. The van der Waals surface area contributed by atoms with Crippen LogP contribution in [0.2, 0.25) is 0 Å². The second-order valence-electron chi connectivity index (χ2n) is 5.58. The first-order chi connectivity index (χ1) is 9.04. The van der Waals surface area contributed by atoms with Crippen molar-refractivity contribution in [2.75, 3.05) is 14.2 Å². The Kier molecular flexibility index (Phi) is 4.16. The molecule has 0 aliphatic heterocycles. The summed E-state index contributed by atoms with van der Waals surface area (Å²) in [6.07, 6.45) is 4.79. The normalized spacial score (nSPS) is 29.2. The van der Waals surface area contributed by atoms with E-state index in [0.717, 1.165) is 25.7 Å². The van der Waals surface area contributed by atoms with Gasteiger partial charge in [-0.15, -0.1) is 0 Å². The molecule has 5 nitrogen and oxygen atoms in total. The highest BCUT2D eigenvalue weighted by atomic mass is 16.5. The third kappa shape index (κ3) is 2.49. The van der Waals surface area contributed by atoms with Crippen LogP contribution in [-0.4, -0.2) is 34.7 Å². The molecule has 5 heteroatoms. The van der Waals surface area contributed by atoms with E-state index in [0.29, 0.717) is 17.4 Å². The fourth-order valence-electron chi connectivity index (χ4n) is 2.98. The molecular weight excluding hydrogens is 244 g/mol. The van der Waals surface area contributed by atoms with Crippen LogP contribution in [0.25, 0.3) is 0 Å². The highest BCUT2D eigenvalue weighted by Crippen LogP contribution is 2.44. The summed E-state index contributed by atoms with van der Waals surface area (Å²) in [4.78, 5) is 0. The summed E-state index contributed by atoms with van der Waals surface area (Å²) < 4.78 is 12.7. The fourth-order valence-corrected chi connectivity index (χ4v) is 2.98. The van der Waals surface area contributed by atoms with Gasteiger partial charge in [-0.3, -0.25) is 4.68 Å². The van der Waals surface area contributed by atoms with Crippen LogP contribution < -0.4 is 4.74 Å². The Morgan fingerprint density at radius 1 is 1.42 bits per heavy atom. The van der Waals surface area contributed by atoms with E-state index in [9.17, 15) is 5.11 Å². The van der Waals surface area contributed by atoms with Crippen molar-refractivity contribution in [2.24, 2.45) is 13.0 Å². The lowest BCUT2D eigenvalue weighted by Crippen LogP contribution is -2.42. The molecule has 1 aliphatic carbocycles. The zero-order chi connectivity index (χ0) is 14.0. The van der Waals surface area contributed by atoms with Crippen molar-refractivity contribution in [2.45, 2.75) is 44.3 Å². The van der Waals surface area contributed by atoms with Crippen LogP contribution in [0.1, 0.15) is 44.4 Å². The molecule has 1 saturated carbocycles. The third-order valence-corrected chi connectivity index (χ3v) is 4.45. The van der Waals surface area contributed by atoms with Gasteiger partial charge in [0.05, 0.1) is 18.9 Å². The molecule has 0 radical (unpaired) electrons. The average molecular weight is 268 g/mol. The van der Waals surface area contributed by atoms with Gasteiger partial charge in [-0.1, -0.05) is 6.92 Å². The molecule has 0 amide bonds. The largest absolute Gasteiger partial charge is 0.493 e. The molecule has 2 rings (SSSR count). The van der Waals surface area contributed by atoms with Crippen molar-refractivity contribution in [3.05, 3.63) is 11.9 Å². The zero-order valence-corrected chi connectivity index (χ0v) is 12.2. The molecule has 19 heavy (non-hydrogen) atoms. The minimum Gasteiger partial charge on any atom is -0.493 e. The van der Waals surface area contributed by atoms with E-state index < -0.39 is 11.7 Å². The van der Waals surface area contributed by atoms with E-state index >= 15 is 0 Å². The van der Waals surface area contributed by atoms with E-state index in [1.165, 1.54) is 0 Å². The summed E-state index contributed by atoms with van der Waals surface area (Å²) in [5.41, 5.74) is 0.173. The van der Waals surface area contributed by atoms with E-state index in [1.807, 2.05) is 7.05 Å². The summed E-state index contributed by atoms with van der Waals surface area (Å²) in [6.45, 7) is 2.25. The van der Waals surface area contributed by atoms with Crippen molar-refractivity contribution in [3.8, 4) is 5.75 Å². The van der Waals surface area contributed by atoms with Crippen molar-refractivity contribution in [1.82, 2.24) is 9.78 Å². The molecule has 1 aliphatic rings. The number of hydrogen-bond donors (Lipinski definition) is 1. The van der Waals surface area contributed by atoms with Crippen LogP contribution in [0.3, 0.4) is 0 Å². The van der Waals surface area contributed by atoms with Crippen molar-refractivity contribution in [1.29, 1.82) is 0 Å². The molecule has 0 bridgehead atoms. The Morgan fingerprint density at radius 3 is 2.58 bits per heavy atom. The maximum atomic E-state index is 10.8. The van der Waals surface area contributed by atoms with Gasteiger partial charge in [-0.05, 0) is 31.6 Å². The summed E-state index contributed by atoms with van der Waals surface area (Å²) in [7, 11) is 5.09. The minimum atomic E-state index is -0.715. The Morgan fingerprint density at radius 2 is 2.05 bits per heavy atom. The predicted octanol–water partition coefficient (Wildman–Crippen LogP) is 2.06. The van der Waals surface area contributed by atoms with Gasteiger partial charge in [0.15, 0.2) is 5.75 Å². The number of aliphatic hydroxyl groups excluding tert-OH is 1. The first-order valence-electron chi connectivity index (χ1n) is 6.83. The monoisotopic (exact) mass is 268 g/mol. The molecular formula is C14H24N2O3.